The Hall–Kier alpha value is -3.60. The van der Waals surface area contributed by atoms with Crippen molar-refractivity contribution in [3.05, 3.63) is 101 Å². The lowest BCUT2D eigenvalue weighted by molar-refractivity contribution is -0.143. The topological polar surface area (TPSA) is 58.6 Å². The van der Waals surface area contributed by atoms with E-state index in [1.165, 1.54) is 0 Å². The number of carbonyl (C=O) groups excluding carboxylic acids is 2. The fourth-order valence-electron chi connectivity index (χ4n) is 3.93. The number of rotatable bonds is 10. The molecule has 1 atom stereocenters. The molecule has 5 heteroatoms. The van der Waals surface area contributed by atoms with Crippen LogP contribution in [-0.4, -0.2) is 35.4 Å². The molecule has 1 N–H and O–H groups in total. The Balaban J connectivity index is 1.92. The third-order valence-electron chi connectivity index (χ3n) is 6.08. The molecule has 0 aliphatic rings. The van der Waals surface area contributed by atoms with Gasteiger partial charge in [-0.25, -0.2) is 0 Å². The summed E-state index contributed by atoms with van der Waals surface area (Å²) >= 11 is 0. The van der Waals surface area contributed by atoms with Crippen LogP contribution in [0, 0.1) is 20.8 Å². The zero-order chi connectivity index (χ0) is 25.4. The van der Waals surface area contributed by atoms with E-state index in [-0.39, 0.29) is 24.5 Å². The van der Waals surface area contributed by atoms with Crippen LogP contribution in [0.5, 0.6) is 5.75 Å². The van der Waals surface area contributed by atoms with E-state index >= 15 is 0 Å². The van der Waals surface area contributed by atoms with Crippen molar-refractivity contribution in [2.75, 3.05) is 6.61 Å². The number of nitrogens with one attached hydrogen (secondary N) is 1. The van der Waals surface area contributed by atoms with Gasteiger partial charge in [0, 0.05) is 19.0 Å². The van der Waals surface area contributed by atoms with Gasteiger partial charge in [0.25, 0.3) is 5.91 Å². The van der Waals surface area contributed by atoms with Crippen LogP contribution in [0.25, 0.3) is 0 Å². The van der Waals surface area contributed by atoms with Gasteiger partial charge in [0.1, 0.15) is 11.8 Å². The van der Waals surface area contributed by atoms with Crippen LogP contribution in [0.2, 0.25) is 0 Å². The summed E-state index contributed by atoms with van der Waals surface area (Å²) in [6.07, 6.45) is 0.417. The Morgan fingerprint density at radius 2 is 1.54 bits per heavy atom. The van der Waals surface area contributed by atoms with Gasteiger partial charge in [-0.3, -0.25) is 9.59 Å². The molecule has 0 saturated carbocycles. The first-order valence-electron chi connectivity index (χ1n) is 12.1. The smallest absolute Gasteiger partial charge is 0.261 e. The summed E-state index contributed by atoms with van der Waals surface area (Å²) in [7, 11) is 0. The van der Waals surface area contributed by atoms with Crippen molar-refractivity contribution in [1.29, 1.82) is 0 Å². The number of amides is 2. The molecule has 35 heavy (non-hydrogen) atoms. The number of benzene rings is 3. The van der Waals surface area contributed by atoms with Crippen LogP contribution in [0.15, 0.2) is 72.8 Å². The Labute approximate surface area is 209 Å². The molecule has 0 aliphatic heterocycles. The third kappa shape index (κ3) is 7.44. The first-order chi connectivity index (χ1) is 16.7. The minimum atomic E-state index is -0.671. The van der Waals surface area contributed by atoms with Crippen LogP contribution in [-0.2, 0) is 22.6 Å². The molecule has 0 radical (unpaired) electrons. The minimum Gasteiger partial charge on any atom is -0.483 e. The minimum absolute atomic E-state index is 0.0386. The van der Waals surface area contributed by atoms with E-state index < -0.39 is 6.04 Å². The van der Waals surface area contributed by atoms with Crippen molar-refractivity contribution in [3.63, 3.8) is 0 Å². The summed E-state index contributed by atoms with van der Waals surface area (Å²) in [4.78, 5) is 28.7. The van der Waals surface area contributed by atoms with Crippen LogP contribution in [0.4, 0.5) is 0 Å². The Morgan fingerprint density at radius 3 is 2.20 bits per heavy atom. The predicted molar refractivity (Wildman–Crippen MR) is 140 cm³/mol. The molecule has 0 aliphatic carbocycles. The van der Waals surface area contributed by atoms with E-state index in [9.17, 15) is 9.59 Å². The molecule has 0 bridgehead atoms. The van der Waals surface area contributed by atoms with Gasteiger partial charge in [-0.05, 0) is 62.9 Å². The van der Waals surface area contributed by atoms with Crippen LogP contribution in [0.1, 0.15) is 41.7 Å². The first-order valence-corrected chi connectivity index (χ1v) is 12.1. The van der Waals surface area contributed by atoms with Crippen molar-refractivity contribution >= 4 is 11.8 Å². The lowest BCUT2D eigenvalue weighted by atomic mass is 10.0. The summed E-state index contributed by atoms with van der Waals surface area (Å²) < 4.78 is 5.96. The highest BCUT2D eigenvalue weighted by atomic mass is 16.5. The lowest BCUT2D eigenvalue weighted by Gasteiger charge is -2.32. The molecule has 5 nitrogen and oxygen atoms in total. The number of nitrogens with zero attached hydrogens (tertiary/aromatic N) is 1. The summed E-state index contributed by atoms with van der Waals surface area (Å²) in [6.45, 7) is 10.0. The van der Waals surface area contributed by atoms with Gasteiger partial charge in [-0.2, -0.15) is 0 Å². The molecule has 0 saturated heterocycles. The van der Waals surface area contributed by atoms with Crippen molar-refractivity contribution in [2.24, 2.45) is 0 Å². The fourth-order valence-corrected chi connectivity index (χ4v) is 3.93. The molecule has 2 amide bonds. The van der Waals surface area contributed by atoms with E-state index in [0.717, 1.165) is 27.8 Å². The van der Waals surface area contributed by atoms with E-state index in [1.807, 2.05) is 107 Å². The standard InChI is InChI=1S/C30H36N2O3/c1-21(2)31-30(34)27(18-25-11-7-6-8-12-25)32(19-26-16-14-22(3)15-17-26)29(33)20-35-28-13-9-10-23(4)24(28)5/h6-17,21,27H,18-20H2,1-5H3,(H,31,34)/t27-/m0/s1. The van der Waals surface area contributed by atoms with Crippen LogP contribution < -0.4 is 10.1 Å². The Kier molecular flexibility index (Phi) is 9.07. The SMILES string of the molecule is Cc1ccc(CN(C(=O)COc2cccc(C)c2C)[C@@H](Cc2ccccc2)C(=O)NC(C)C)cc1. The van der Waals surface area contributed by atoms with Gasteiger partial charge < -0.3 is 15.0 Å². The zero-order valence-corrected chi connectivity index (χ0v) is 21.4. The van der Waals surface area contributed by atoms with E-state index in [1.54, 1.807) is 4.90 Å². The molecule has 3 aromatic rings. The molecule has 0 unspecified atom stereocenters. The van der Waals surface area contributed by atoms with E-state index in [2.05, 4.69) is 5.32 Å². The zero-order valence-electron chi connectivity index (χ0n) is 21.4. The highest BCUT2D eigenvalue weighted by Crippen LogP contribution is 2.21. The second-order valence-electron chi connectivity index (χ2n) is 9.36. The quantitative estimate of drug-likeness (QED) is 0.444. The van der Waals surface area contributed by atoms with Crippen LogP contribution >= 0.6 is 0 Å². The molecule has 0 spiro atoms. The van der Waals surface area contributed by atoms with Gasteiger partial charge in [-0.15, -0.1) is 0 Å². The molecule has 184 valence electrons. The number of aryl methyl sites for hydroxylation is 2. The number of carbonyl (C=O) groups is 2. The maximum atomic E-state index is 13.6. The Morgan fingerprint density at radius 1 is 0.857 bits per heavy atom. The Bertz CT molecular complexity index is 1120. The van der Waals surface area contributed by atoms with E-state index in [4.69, 9.17) is 4.74 Å². The summed E-state index contributed by atoms with van der Waals surface area (Å²) in [5, 5.41) is 3.01. The van der Waals surface area contributed by atoms with Crippen molar-refractivity contribution in [2.45, 2.75) is 59.7 Å². The molecule has 3 rings (SSSR count). The molecule has 0 fully saturated rings. The molecule has 3 aromatic carbocycles. The second-order valence-corrected chi connectivity index (χ2v) is 9.36. The van der Waals surface area contributed by atoms with Gasteiger partial charge in [0.05, 0.1) is 0 Å². The normalized spacial score (nSPS) is 11.7. The third-order valence-corrected chi connectivity index (χ3v) is 6.08. The van der Waals surface area contributed by atoms with Crippen LogP contribution in [0.3, 0.4) is 0 Å². The van der Waals surface area contributed by atoms with E-state index in [0.29, 0.717) is 18.7 Å². The molecule has 0 heterocycles. The average molecular weight is 473 g/mol. The second kappa shape index (κ2) is 12.2. The summed E-state index contributed by atoms with van der Waals surface area (Å²) in [6, 6.07) is 22.9. The summed E-state index contributed by atoms with van der Waals surface area (Å²) in [5.74, 6) is 0.280. The molecular formula is C30H36N2O3. The predicted octanol–water partition coefficient (Wildman–Crippen LogP) is 5.16. The number of hydrogen-bond acceptors (Lipinski definition) is 3. The largest absolute Gasteiger partial charge is 0.483 e. The first kappa shape index (κ1) is 26.0. The van der Waals surface area contributed by atoms with Gasteiger partial charge in [0.2, 0.25) is 5.91 Å². The fraction of sp³-hybridized carbons (Fsp3) is 0.333. The highest BCUT2D eigenvalue weighted by Gasteiger charge is 2.31. The van der Waals surface area contributed by atoms with Gasteiger partial charge >= 0.3 is 0 Å². The number of ether oxygens (including phenoxy) is 1. The maximum absolute atomic E-state index is 13.6. The lowest BCUT2D eigenvalue weighted by Crippen LogP contribution is -2.52. The monoisotopic (exact) mass is 472 g/mol. The summed E-state index contributed by atoms with van der Waals surface area (Å²) in [5.41, 5.74) is 5.21. The van der Waals surface area contributed by atoms with Crippen molar-refractivity contribution in [3.8, 4) is 5.75 Å². The molecular weight excluding hydrogens is 436 g/mol. The highest BCUT2D eigenvalue weighted by molar-refractivity contribution is 5.88. The average Bonchev–Trinajstić information content (AvgIpc) is 2.83. The van der Waals surface area contributed by atoms with Gasteiger partial charge in [-0.1, -0.05) is 72.3 Å². The number of hydrogen-bond donors (Lipinski definition) is 1. The van der Waals surface area contributed by atoms with Gasteiger partial charge in [0.15, 0.2) is 6.61 Å². The maximum Gasteiger partial charge on any atom is 0.261 e. The van der Waals surface area contributed by atoms with Crippen molar-refractivity contribution in [1.82, 2.24) is 10.2 Å². The molecule has 0 aromatic heterocycles. The van der Waals surface area contributed by atoms with Crippen molar-refractivity contribution < 1.29 is 14.3 Å².